The largest absolute Gasteiger partial charge is 0.478 e. The van der Waals surface area contributed by atoms with E-state index in [1.165, 1.54) is 13.2 Å². The first kappa shape index (κ1) is 38.2. The summed E-state index contributed by atoms with van der Waals surface area (Å²) < 4.78 is 8.89. The molecule has 2 aromatic heterocycles. The van der Waals surface area contributed by atoms with Crippen LogP contribution in [-0.2, 0) is 17.6 Å². The third kappa shape index (κ3) is 8.15. The summed E-state index contributed by atoms with van der Waals surface area (Å²) in [5.41, 5.74) is 9.24. The molecule has 0 aliphatic heterocycles. The van der Waals surface area contributed by atoms with Crippen molar-refractivity contribution in [2.24, 2.45) is 0 Å². The Hall–Kier alpha value is -7.10. The molecule has 0 unspecified atom stereocenters. The van der Waals surface area contributed by atoms with Crippen molar-refractivity contribution < 1.29 is 19.4 Å². The third-order valence-electron chi connectivity index (χ3n) is 9.65. The van der Waals surface area contributed by atoms with Gasteiger partial charge in [-0.3, -0.25) is 0 Å². The number of hydrogen-bond acceptors (Lipinski definition) is 5. The van der Waals surface area contributed by atoms with Crippen LogP contribution in [0.1, 0.15) is 54.1 Å². The highest BCUT2D eigenvalue weighted by Crippen LogP contribution is 2.28. The van der Waals surface area contributed by atoms with Gasteiger partial charge in [-0.2, -0.15) is 10.5 Å². The van der Waals surface area contributed by atoms with Gasteiger partial charge < -0.3 is 19.0 Å². The van der Waals surface area contributed by atoms with Crippen molar-refractivity contribution in [3.05, 3.63) is 200 Å². The Morgan fingerprint density at radius 1 is 0.614 bits per heavy atom. The van der Waals surface area contributed by atoms with E-state index in [9.17, 15) is 25.2 Å². The highest BCUT2D eigenvalue weighted by molar-refractivity contribution is 6.31. The van der Waals surface area contributed by atoms with Gasteiger partial charge in [-0.1, -0.05) is 71.7 Å². The van der Waals surface area contributed by atoms with Crippen LogP contribution in [0.25, 0.3) is 33.2 Å². The van der Waals surface area contributed by atoms with Gasteiger partial charge >= 0.3 is 11.9 Å². The number of nitrogens with zero attached hydrogens (tertiary/aromatic N) is 4. The Kier molecular flexibility index (Phi) is 11.2. The molecule has 0 bridgehead atoms. The number of carboxylic acid groups (broad SMARTS) is 1. The lowest BCUT2D eigenvalue weighted by atomic mass is 9.99. The maximum atomic E-state index is 12.1. The number of benzene rings is 6. The highest BCUT2D eigenvalue weighted by Gasteiger charge is 2.15. The number of para-hydroxylation sites is 2. The number of fused-ring (bicyclic) bond motifs is 2. The minimum absolute atomic E-state index is 0.216. The minimum atomic E-state index is -0.988. The molecule has 10 heteroatoms. The molecule has 0 saturated carbocycles. The van der Waals surface area contributed by atoms with Gasteiger partial charge in [0.25, 0.3) is 0 Å². The second kappa shape index (κ2) is 16.7. The first-order chi connectivity index (χ1) is 27.7. The van der Waals surface area contributed by atoms with E-state index in [1.807, 2.05) is 113 Å². The fraction of sp³-hybridized carbons (Fsp3) is 0.0638. The molecule has 57 heavy (non-hydrogen) atoms. The number of carbonyl (C=O) groups excluding carboxylic acids is 1. The van der Waals surface area contributed by atoms with Crippen LogP contribution in [0.5, 0.6) is 0 Å². The lowest BCUT2D eigenvalue weighted by Gasteiger charge is -2.10. The minimum Gasteiger partial charge on any atom is -0.478 e. The average Bonchev–Trinajstić information content (AvgIpc) is 3.86. The number of esters is 1. The van der Waals surface area contributed by atoms with Gasteiger partial charge in [0, 0.05) is 33.2 Å². The third-order valence-corrected chi connectivity index (χ3v) is 10.1. The molecule has 0 spiro atoms. The number of carboxylic acids is 1. The Morgan fingerprint density at radius 3 is 1.53 bits per heavy atom. The summed E-state index contributed by atoms with van der Waals surface area (Å²) in [5, 5.41) is 31.2. The van der Waals surface area contributed by atoms with Crippen LogP contribution in [0, 0.1) is 22.7 Å². The molecule has 0 aliphatic carbocycles. The smallest absolute Gasteiger partial charge is 0.338 e. The molecular weight excluding hydrogens is 755 g/mol. The molecule has 0 fully saturated rings. The molecule has 0 atom stereocenters. The van der Waals surface area contributed by atoms with Crippen molar-refractivity contribution in [3.63, 3.8) is 0 Å². The number of ether oxygens (including phenoxy) is 1. The van der Waals surface area contributed by atoms with E-state index in [-0.39, 0.29) is 5.56 Å². The summed E-state index contributed by atoms with van der Waals surface area (Å²) in [4.78, 5) is 23.6. The summed E-state index contributed by atoms with van der Waals surface area (Å²) in [5.74, 6) is -1.39. The summed E-state index contributed by atoms with van der Waals surface area (Å²) in [7, 11) is 1.36. The van der Waals surface area contributed by atoms with Gasteiger partial charge in [0.05, 0.1) is 51.8 Å². The van der Waals surface area contributed by atoms with Crippen LogP contribution >= 0.6 is 23.2 Å². The van der Waals surface area contributed by atoms with E-state index in [1.54, 1.807) is 30.3 Å². The molecule has 8 nitrogen and oxygen atoms in total. The van der Waals surface area contributed by atoms with E-state index in [0.29, 0.717) is 45.1 Å². The zero-order chi connectivity index (χ0) is 40.1. The number of rotatable bonds is 8. The summed E-state index contributed by atoms with van der Waals surface area (Å²) in [6, 6.07) is 45.9. The lowest BCUT2D eigenvalue weighted by Crippen LogP contribution is -2.06. The molecule has 278 valence electrons. The normalized spacial score (nSPS) is 10.7. The SMILES string of the molecule is COC(=O)c1cc(Cl)ccc1Cc1ccc2c(ccn2-c2ccccc2C#N)c1.N#Cc1ccccc1-n1ccc2cc(Cc3ccc(Cl)cc3C(=O)O)ccc21. The van der Waals surface area contributed by atoms with Crippen molar-refractivity contribution in [3.8, 4) is 23.5 Å². The number of halogens is 2. The molecule has 0 aliphatic rings. The van der Waals surface area contributed by atoms with Gasteiger partial charge in [0.1, 0.15) is 12.1 Å². The Balaban J connectivity index is 0.000000174. The van der Waals surface area contributed by atoms with E-state index in [4.69, 9.17) is 27.9 Å². The number of aromatic carboxylic acids is 1. The molecule has 0 amide bonds. The predicted octanol–water partition coefficient (Wildman–Crippen LogP) is 11.0. The van der Waals surface area contributed by atoms with Crippen molar-refractivity contribution in [1.29, 1.82) is 10.5 Å². The van der Waals surface area contributed by atoms with Crippen LogP contribution in [0.3, 0.4) is 0 Å². The molecule has 8 rings (SSSR count). The number of carbonyl (C=O) groups is 2. The van der Waals surface area contributed by atoms with Crippen LogP contribution in [0.15, 0.2) is 146 Å². The summed E-state index contributed by atoms with van der Waals surface area (Å²) in [6.45, 7) is 0. The van der Waals surface area contributed by atoms with Crippen molar-refractivity contribution in [1.82, 2.24) is 9.13 Å². The molecule has 0 radical (unpaired) electrons. The first-order valence-corrected chi connectivity index (χ1v) is 18.5. The second-order valence-corrected chi connectivity index (χ2v) is 14.0. The molecule has 8 aromatic rings. The number of nitriles is 2. The maximum Gasteiger partial charge on any atom is 0.338 e. The van der Waals surface area contributed by atoms with E-state index >= 15 is 0 Å². The maximum absolute atomic E-state index is 12.1. The van der Waals surface area contributed by atoms with Crippen LogP contribution in [0.2, 0.25) is 10.0 Å². The van der Waals surface area contributed by atoms with Crippen LogP contribution < -0.4 is 0 Å². The summed E-state index contributed by atoms with van der Waals surface area (Å²) in [6.07, 6.45) is 4.98. The van der Waals surface area contributed by atoms with Gasteiger partial charge in [-0.15, -0.1) is 0 Å². The van der Waals surface area contributed by atoms with Crippen LogP contribution in [-0.4, -0.2) is 33.3 Å². The van der Waals surface area contributed by atoms with E-state index in [0.717, 1.165) is 49.9 Å². The fourth-order valence-corrected chi connectivity index (χ4v) is 7.27. The Morgan fingerprint density at radius 2 is 1.07 bits per heavy atom. The van der Waals surface area contributed by atoms with Crippen LogP contribution in [0.4, 0.5) is 0 Å². The lowest BCUT2D eigenvalue weighted by molar-refractivity contribution is 0.0598. The Labute approximate surface area is 338 Å². The van der Waals surface area contributed by atoms with Crippen molar-refractivity contribution >= 4 is 56.9 Å². The zero-order valence-electron chi connectivity index (χ0n) is 30.5. The monoisotopic (exact) mass is 786 g/mol. The summed E-state index contributed by atoms with van der Waals surface area (Å²) >= 11 is 12.0. The molecular formula is C47H32Cl2N4O4. The van der Waals surface area contributed by atoms with Gasteiger partial charge in [-0.05, 0) is 120 Å². The number of methoxy groups -OCH3 is 1. The molecule has 0 saturated heterocycles. The molecule has 6 aromatic carbocycles. The van der Waals surface area contributed by atoms with Gasteiger partial charge in [0.2, 0.25) is 0 Å². The van der Waals surface area contributed by atoms with Crippen molar-refractivity contribution in [2.75, 3.05) is 7.11 Å². The molecule has 2 heterocycles. The zero-order valence-corrected chi connectivity index (χ0v) is 32.0. The first-order valence-electron chi connectivity index (χ1n) is 17.7. The number of aromatic nitrogens is 2. The fourth-order valence-electron chi connectivity index (χ4n) is 6.93. The topological polar surface area (TPSA) is 121 Å². The van der Waals surface area contributed by atoms with Gasteiger partial charge in [0.15, 0.2) is 0 Å². The average molecular weight is 788 g/mol. The number of hydrogen-bond donors (Lipinski definition) is 1. The van der Waals surface area contributed by atoms with Crippen molar-refractivity contribution in [2.45, 2.75) is 12.8 Å². The van der Waals surface area contributed by atoms with E-state index in [2.05, 4.69) is 18.2 Å². The van der Waals surface area contributed by atoms with E-state index < -0.39 is 11.9 Å². The standard InChI is InChI=1S/C24H17ClN2O2.C23H15ClN2O2/c1-29-24(28)21-14-20(25)8-7-17(21)12-16-6-9-23-18(13-16)10-11-27(23)22-5-3-2-4-19(22)15-26;24-19-7-6-16(20(13-19)23(27)28)11-15-5-8-22-17(12-15)9-10-26(22)21-4-2-1-3-18(21)14-25/h2-11,13-14H,12H2,1H3;1-10,12-13H,11H2,(H,27,28). The van der Waals surface area contributed by atoms with Gasteiger partial charge in [-0.25, -0.2) is 9.59 Å². The second-order valence-electron chi connectivity index (χ2n) is 13.2. The molecule has 1 N–H and O–H groups in total. The predicted molar refractivity (Wildman–Crippen MR) is 223 cm³/mol. The highest BCUT2D eigenvalue weighted by atomic mass is 35.5. The quantitative estimate of drug-likeness (QED) is 0.153. The Bertz CT molecular complexity index is 2910.